The van der Waals surface area contributed by atoms with Crippen molar-refractivity contribution in [2.24, 2.45) is 0 Å². The maximum Gasteiger partial charge on any atom is 0.397 e. The Morgan fingerprint density at radius 2 is 1.16 bits per heavy atom. The van der Waals surface area contributed by atoms with Crippen LogP contribution < -0.4 is 9.44 Å². The largest absolute Gasteiger partial charge is 0.397 e. The summed E-state index contributed by atoms with van der Waals surface area (Å²) in [5.41, 5.74) is 0. The maximum atomic E-state index is 11.9. The summed E-state index contributed by atoms with van der Waals surface area (Å²) in [6.45, 7) is -2.23. The van der Waals surface area contributed by atoms with Crippen molar-refractivity contribution < 1.29 is 133 Å². The summed E-state index contributed by atoms with van der Waals surface area (Å²) in [4.78, 5) is 8.92. The molecule has 0 spiro atoms. The molecule has 0 aromatic rings. The van der Waals surface area contributed by atoms with Gasteiger partial charge in [0.2, 0.25) is 0 Å². The molecule has 0 aromatic heterocycles. The molecular weight excluding hydrogens is 881 g/mol. The van der Waals surface area contributed by atoms with Gasteiger partial charge in [-0.2, -0.15) is 43.1 Å². The smallest absolute Gasteiger partial charge is 0.388 e. The SMILES string of the molecule is CC1OC(COOS(=O)O)[C@@H](O[C@@H]2O[C@@H](OCO)[C@@H](O[C@H]3O[C@@H](COOS(=O)O)[C@@H](O)C(O)C3NS(=O)(=O)O)C(O)C2O)[C@H](OS(=O)(=O)O)[C@@H]1NS(=O)(=O)O. The van der Waals surface area contributed by atoms with Gasteiger partial charge >= 0.3 is 53.7 Å². The fourth-order valence-electron chi connectivity index (χ4n) is 5.35. The predicted molar refractivity (Wildman–Crippen MR) is 163 cm³/mol. The summed E-state index contributed by atoms with van der Waals surface area (Å²) in [5.74, 6) is 0. The first-order chi connectivity index (χ1) is 25.3. The molecule has 3 fully saturated rings. The zero-order valence-electron chi connectivity index (χ0n) is 27.1. The fraction of sp³-hybridized carbons (Fsp3) is 1.00. The monoisotopic (exact) mass is 916 g/mol. The quantitative estimate of drug-likeness (QED) is 0.0177. The van der Waals surface area contributed by atoms with Gasteiger partial charge in [-0.1, -0.05) is 0 Å². The highest BCUT2D eigenvalue weighted by atomic mass is 32.3. The van der Waals surface area contributed by atoms with Crippen LogP contribution >= 0.6 is 0 Å². The first-order valence-corrected chi connectivity index (χ1v) is 20.8. The number of aliphatic hydroxyl groups excluding tert-OH is 5. The Bertz CT molecular complexity index is 1620. The van der Waals surface area contributed by atoms with E-state index >= 15 is 0 Å². The van der Waals surface area contributed by atoms with Gasteiger partial charge < -0.3 is 54.0 Å². The maximum absolute atomic E-state index is 11.9. The number of rotatable bonds is 20. The third kappa shape index (κ3) is 14.8. The second-order valence-electron chi connectivity index (χ2n) is 11.1. The molecule has 17 atom stereocenters. The van der Waals surface area contributed by atoms with Crippen molar-refractivity contribution in [1.29, 1.82) is 0 Å². The molecule has 3 aliphatic heterocycles. The minimum Gasteiger partial charge on any atom is -0.388 e. The van der Waals surface area contributed by atoms with Gasteiger partial charge in [0, 0.05) is 0 Å². The molecular formula is C19H36N2O29S5. The summed E-state index contributed by atoms with van der Waals surface area (Å²) in [7, 11) is -16.1. The van der Waals surface area contributed by atoms with E-state index in [1.54, 1.807) is 4.72 Å². The molecule has 3 aliphatic rings. The van der Waals surface area contributed by atoms with E-state index in [9.17, 15) is 72.9 Å². The number of aliphatic hydroxyl groups is 5. The van der Waals surface area contributed by atoms with Crippen molar-refractivity contribution in [3.05, 3.63) is 0 Å². The predicted octanol–water partition coefficient (Wildman–Crippen LogP) is -7.76. The molecule has 3 saturated heterocycles. The zero-order valence-corrected chi connectivity index (χ0v) is 31.1. The third-order valence-corrected chi connectivity index (χ3v) is 9.47. The minimum absolute atomic E-state index is 0.978. The normalized spacial score (nSPS) is 39.1. The van der Waals surface area contributed by atoms with Gasteiger partial charge in [-0.3, -0.25) is 22.8 Å². The Balaban J connectivity index is 1.98. The molecule has 0 radical (unpaired) electrons. The van der Waals surface area contributed by atoms with Crippen LogP contribution in [-0.4, -0.2) is 194 Å². The van der Waals surface area contributed by atoms with Crippen LogP contribution in [-0.2, 0) is 105 Å². The summed E-state index contributed by atoms with van der Waals surface area (Å²) in [5, 5.41) is 52.8. The van der Waals surface area contributed by atoms with Gasteiger partial charge in [0.25, 0.3) is 0 Å². The highest BCUT2D eigenvalue weighted by Crippen LogP contribution is 2.34. The van der Waals surface area contributed by atoms with Gasteiger partial charge in [-0.15, -0.1) is 8.67 Å². The lowest BCUT2D eigenvalue weighted by Crippen LogP contribution is -2.69. The van der Waals surface area contributed by atoms with E-state index in [2.05, 4.69) is 22.6 Å². The summed E-state index contributed by atoms with van der Waals surface area (Å²) in [6.07, 6.45) is -28.0. The molecule has 0 bridgehead atoms. The molecule has 36 heteroatoms. The Hall–Kier alpha value is -0.770. The Kier molecular flexibility index (Phi) is 18.1. The van der Waals surface area contributed by atoms with E-state index in [0.717, 1.165) is 6.92 Å². The Morgan fingerprint density at radius 3 is 1.67 bits per heavy atom. The summed E-state index contributed by atoms with van der Waals surface area (Å²) >= 11 is -6.09. The molecule has 8 unspecified atom stereocenters. The van der Waals surface area contributed by atoms with Crippen LogP contribution in [0.25, 0.3) is 0 Å². The zero-order chi connectivity index (χ0) is 41.6. The highest BCUT2D eigenvalue weighted by Gasteiger charge is 2.56. The van der Waals surface area contributed by atoms with Crippen LogP contribution in [0.4, 0.5) is 0 Å². The van der Waals surface area contributed by atoms with Crippen LogP contribution in [0.15, 0.2) is 0 Å². The minimum atomic E-state index is -5.58. The van der Waals surface area contributed by atoms with Crippen molar-refractivity contribution in [2.45, 2.75) is 98.9 Å². The average molecular weight is 917 g/mol. The van der Waals surface area contributed by atoms with Crippen molar-refractivity contribution in [3.63, 3.8) is 0 Å². The molecule has 326 valence electrons. The van der Waals surface area contributed by atoms with Crippen molar-refractivity contribution in [3.8, 4) is 0 Å². The lowest BCUT2D eigenvalue weighted by Gasteiger charge is -2.49. The van der Waals surface area contributed by atoms with Gasteiger partial charge in [0.1, 0.15) is 81.0 Å². The van der Waals surface area contributed by atoms with Gasteiger partial charge in [0.05, 0.1) is 12.1 Å². The number of hydrogen-bond donors (Lipinski definition) is 12. The number of nitrogens with one attached hydrogen (secondary N) is 2. The van der Waals surface area contributed by atoms with E-state index in [1.807, 2.05) is 0 Å². The fourth-order valence-corrected chi connectivity index (χ4v) is 7.40. The Labute approximate surface area is 314 Å². The van der Waals surface area contributed by atoms with Gasteiger partial charge in [-0.05, 0) is 6.92 Å². The van der Waals surface area contributed by atoms with E-state index < -0.39 is 166 Å². The van der Waals surface area contributed by atoms with Crippen LogP contribution in [0, 0.1) is 0 Å². The van der Waals surface area contributed by atoms with Crippen LogP contribution in [0.1, 0.15) is 6.92 Å². The van der Waals surface area contributed by atoms with E-state index in [-0.39, 0.29) is 0 Å². The van der Waals surface area contributed by atoms with Gasteiger partial charge in [-0.25, -0.2) is 14.0 Å². The molecule has 31 nitrogen and oxygen atoms in total. The molecule has 3 heterocycles. The van der Waals surface area contributed by atoms with Crippen molar-refractivity contribution in [2.75, 3.05) is 20.0 Å². The standard InChI is InChI=1S/C19H36N2O29S5/c1-5-8(20-53(31,32)33)15(48-55(37,38)39)14(7(43-5)3-42-50-52(29)30)45-18-13(26)12(25)16(19(47-18)40-4-22)46-17-9(21-54(34,35)36)11(24)10(23)6(44-17)2-41-49-51(27)28/h5-26H,2-4H2,1H3,(H,27,28)(H,29,30)(H,31,32,33)(H,34,35,36)(H,37,38,39)/t5?,6-,7?,8+,9?,10+,11?,12?,13?,14+,15+,16-,17+,18+,19+/m0/s1. The molecule has 0 amide bonds. The highest BCUT2D eigenvalue weighted by molar-refractivity contribution is 7.84. The molecule has 0 saturated carbocycles. The molecule has 0 aliphatic carbocycles. The summed E-state index contributed by atoms with van der Waals surface area (Å²) < 4.78 is 186. The number of ether oxygens (including phenoxy) is 6. The first-order valence-electron chi connectivity index (χ1n) is 14.5. The second-order valence-corrected chi connectivity index (χ2v) is 15.7. The molecule has 55 heavy (non-hydrogen) atoms. The topological polar surface area (TPSA) is 464 Å². The molecule has 3 rings (SSSR count). The average Bonchev–Trinajstić information content (AvgIpc) is 3.03. The Morgan fingerprint density at radius 1 is 0.636 bits per heavy atom. The third-order valence-electron chi connectivity index (χ3n) is 7.44. The lowest BCUT2D eigenvalue weighted by atomic mass is 9.93. The molecule has 0 aromatic carbocycles. The van der Waals surface area contributed by atoms with Crippen molar-refractivity contribution >= 4 is 53.7 Å². The van der Waals surface area contributed by atoms with Crippen LogP contribution in [0.3, 0.4) is 0 Å². The van der Waals surface area contributed by atoms with E-state index in [1.165, 1.54) is 4.72 Å². The van der Waals surface area contributed by atoms with Gasteiger partial charge in [0.15, 0.2) is 18.9 Å². The van der Waals surface area contributed by atoms with Crippen LogP contribution in [0.2, 0.25) is 0 Å². The van der Waals surface area contributed by atoms with Crippen LogP contribution in [0.5, 0.6) is 0 Å². The summed E-state index contributed by atoms with van der Waals surface area (Å²) in [6, 6.07) is -4.19. The first kappa shape index (κ1) is 48.6. The number of hydrogen-bond acceptors (Lipinski definition) is 24. The molecule has 12 N–H and O–H groups in total. The lowest BCUT2D eigenvalue weighted by molar-refractivity contribution is -0.401. The second kappa shape index (κ2) is 20.5. The van der Waals surface area contributed by atoms with E-state index in [4.69, 9.17) is 37.5 Å². The van der Waals surface area contributed by atoms with E-state index in [0.29, 0.717) is 0 Å². The van der Waals surface area contributed by atoms with Crippen molar-refractivity contribution in [1.82, 2.24) is 9.44 Å².